The number of anilines is 1. The van der Waals surface area contributed by atoms with Gasteiger partial charge in [-0.15, -0.1) is 0 Å². The summed E-state index contributed by atoms with van der Waals surface area (Å²) in [4.78, 5) is 7.31. The van der Waals surface area contributed by atoms with Crippen LogP contribution in [-0.4, -0.2) is 9.97 Å². The molecule has 0 bridgehead atoms. The molecule has 78 valence electrons. The number of aromatic nitrogens is 2. The number of imidazole rings is 1. The summed E-state index contributed by atoms with van der Waals surface area (Å²) >= 11 is 0. The number of aryl methyl sites for hydroxylation is 3. The van der Waals surface area contributed by atoms with Crippen molar-refractivity contribution in [2.45, 2.75) is 20.8 Å². The molecular formula is C12H15N3. The van der Waals surface area contributed by atoms with Crippen LogP contribution in [0.25, 0.3) is 11.3 Å². The molecule has 3 N–H and O–H groups in total. The molecule has 0 unspecified atom stereocenters. The summed E-state index contributed by atoms with van der Waals surface area (Å²) in [5.41, 5.74) is 11.2. The first-order valence-electron chi connectivity index (χ1n) is 4.97. The van der Waals surface area contributed by atoms with E-state index in [1.807, 2.05) is 6.92 Å². The van der Waals surface area contributed by atoms with Gasteiger partial charge in [-0.25, -0.2) is 4.98 Å². The van der Waals surface area contributed by atoms with E-state index in [0.717, 1.165) is 17.0 Å². The molecule has 0 fully saturated rings. The lowest BCUT2D eigenvalue weighted by Crippen LogP contribution is -1.88. The quantitative estimate of drug-likeness (QED) is 0.745. The van der Waals surface area contributed by atoms with Crippen LogP contribution in [0.4, 0.5) is 5.95 Å². The van der Waals surface area contributed by atoms with Crippen LogP contribution in [0.2, 0.25) is 0 Å². The predicted octanol–water partition coefficient (Wildman–Crippen LogP) is 2.58. The van der Waals surface area contributed by atoms with E-state index < -0.39 is 0 Å². The molecule has 2 aromatic rings. The van der Waals surface area contributed by atoms with Crippen LogP contribution in [0.3, 0.4) is 0 Å². The third-order valence-corrected chi connectivity index (χ3v) is 2.54. The van der Waals surface area contributed by atoms with Gasteiger partial charge in [0.05, 0.1) is 5.69 Å². The van der Waals surface area contributed by atoms with Crippen molar-refractivity contribution in [1.29, 1.82) is 0 Å². The summed E-state index contributed by atoms with van der Waals surface area (Å²) < 4.78 is 0. The maximum atomic E-state index is 5.63. The van der Waals surface area contributed by atoms with Crippen LogP contribution in [0.5, 0.6) is 0 Å². The highest BCUT2D eigenvalue weighted by molar-refractivity contribution is 5.67. The van der Waals surface area contributed by atoms with Gasteiger partial charge in [-0.2, -0.15) is 0 Å². The fraction of sp³-hybridized carbons (Fsp3) is 0.250. The van der Waals surface area contributed by atoms with Crippen molar-refractivity contribution in [2.24, 2.45) is 0 Å². The Balaban J connectivity index is 2.59. The van der Waals surface area contributed by atoms with E-state index in [0.29, 0.717) is 5.95 Å². The van der Waals surface area contributed by atoms with Gasteiger partial charge in [-0.05, 0) is 26.3 Å². The molecule has 0 saturated heterocycles. The second-order valence-corrected chi connectivity index (χ2v) is 3.91. The second kappa shape index (κ2) is 3.42. The minimum absolute atomic E-state index is 0.475. The lowest BCUT2D eigenvalue weighted by molar-refractivity contribution is 1.26. The standard InChI is InChI=1S/C12H15N3/c1-7-4-5-10(8(2)6-7)11-9(3)14-12(13)15-11/h4-6H,1-3H3,(H3,13,14,15). The molecule has 1 aromatic carbocycles. The number of hydrogen-bond acceptors (Lipinski definition) is 2. The third-order valence-electron chi connectivity index (χ3n) is 2.54. The molecule has 1 heterocycles. The summed E-state index contributed by atoms with van der Waals surface area (Å²) in [6.45, 7) is 6.16. The highest BCUT2D eigenvalue weighted by atomic mass is 15.0. The molecular weight excluding hydrogens is 186 g/mol. The van der Waals surface area contributed by atoms with Crippen LogP contribution >= 0.6 is 0 Å². The van der Waals surface area contributed by atoms with E-state index in [9.17, 15) is 0 Å². The molecule has 0 aliphatic heterocycles. The van der Waals surface area contributed by atoms with Crippen molar-refractivity contribution in [3.05, 3.63) is 35.0 Å². The molecule has 0 radical (unpaired) electrons. The first-order valence-corrected chi connectivity index (χ1v) is 4.97. The molecule has 0 atom stereocenters. The van der Waals surface area contributed by atoms with E-state index >= 15 is 0 Å². The molecule has 0 saturated carbocycles. The average molecular weight is 201 g/mol. The normalized spacial score (nSPS) is 10.6. The van der Waals surface area contributed by atoms with E-state index in [-0.39, 0.29) is 0 Å². The summed E-state index contributed by atoms with van der Waals surface area (Å²) in [5.74, 6) is 0.475. The van der Waals surface area contributed by atoms with Crippen molar-refractivity contribution >= 4 is 5.95 Å². The summed E-state index contributed by atoms with van der Waals surface area (Å²) in [5, 5.41) is 0. The molecule has 0 amide bonds. The number of rotatable bonds is 1. The zero-order chi connectivity index (χ0) is 11.0. The zero-order valence-corrected chi connectivity index (χ0v) is 9.26. The van der Waals surface area contributed by atoms with Gasteiger partial charge in [0, 0.05) is 11.3 Å². The summed E-state index contributed by atoms with van der Waals surface area (Å²) in [6, 6.07) is 6.33. The van der Waals surface area contributed by atoms with Gasteiger partial charge in [-0.3, -0.25) is 0 Å². The minimum Gasteiger partial charge on any atom is -0.369 e. The minimum atomic E-state index is 0.475. The molecule has 0 spiro atoms. The number of aromatic amines is 1. The van der Waals surface area contributed by atoms with Crippen LogP contribution in [0.15, 0.2) is 18.2 Å². The molecule has 2 rings (SSSR count). The van der Waals surface area contributed by atoms with Gasteiger partial charge < -0.3 is 10.7 Å². The number of nitrogens with zero attached hydrogens (tertiary/aromatic N) is 1. The van der Waals surface area contributed by atoms with Gasteiger partial charge in [-0.1, -0.05) is 23.8 Å². The van der Waals surface area contributed by atoms with Gasteiger partial charge in [0.2, 0.25) is 0 Å². The Bertz CT molecular complexity index is 498. The fourth-order valence-corrected chi connectivity index (χ4v) is 1.83. The van der Waals surface area contributed by atoms with E-state index in [1.165, 1.54) is 11.1 Å². The van der Waals surface area contributed by atoms with Gasteiger partial charge in [0.25, 0.3) is 0 Å². The topological polar surface area (TPSA) is 54.7 Å². The maximum absolute atomic E-state index is 5.63. The Labute approximate surface area is 89.4 Å². The predicted molar refractivity (Wildman–Crippen MR) is 62.6 cm³/mol. The largest absolute Gasteiger partial charge is 0.369 e. The molecule has 15 heavy (non-hydrogen) atoms. The van der Waals surface area contributed by atoms with Gasteiger partial charge in [0.15, 0.2) is 5.95 Å². The first-order chi connectivity index (χ1) is 7.08. The Morgan fingerprint density at radius 3 is 2.47 bits per heavy atom. The summed E-state index contributed by atoms with van der Waals surface area (Å²) in [6.07, 6.45) is 0. The van der Waals surface area contributed by atoms with E-state index in [2.05, 4.69) is 42.0 Å². The Morgan fingerprint density at radius 2 is 1.93 bits per heavy atom. The van der Waals surface area contributed by atoms with Crippen LogP contribution in [0.1, 0.15) is 16.8 Å². The highest BCUT2D eigenvalue weighted by Crippen LogP contribution is 2.25. The smallest absolute Gasteiger partial charge is 0.198 e. The van der Waals surface area contributed by atoms with Crippen molar-refractivity contribution in [1.82, 2.24) is 9.97 Å². The molecule has 1 aromatic heterocycles. The molecule has 3 heteroatoms. The highest BCUT2D eigenvalue weighted by Gasteiger charge is 2.09. The second-order valence-electron chi connectivity index (χ2n) is 3.91. The third kappa shape index (κ3) is 1.73. The monoisotopic (exact) mass is 201 g/mol. The van der Waals surface area contributed by atoms with Crippen molar-refractivity contribution in [3.8, 4) is 11.3 Å². The number of hydrogen-bond donors (Lipinski definition) is 2. The maximum Gasteiger partial charge on any atom is 0.198 e. The molecule has 0 aliphatic rings. The first kappa shape index (κ1) is 9.77. The van der Waals surface area contributed by atoms with E-state index in [1.54, 1.807) is 0 Å². The van der Waals surface area contributed by atoms with Crippen molar-refractivity contribution < 1.29 is 0 Å². The van der Waals surface area contributed by atoms with Crippen LogP contribution < -0.4 is 5.73 Å². The Hall–Kier alpha value is -1.77. The lowest BCUT2D eigenvalue weighted by Gasteiger charge is -2.04. The van der Waals surface area contributed by atoms with Crippen LogP contribution in [-0.2, 0) is 0 Å². The van der Waals surface area contributed by atoms with E-state index in [4.69, 9.17) is 5.73 Å². The molecule has 0 aliphatic carbocycles. The number of benzene rings is 1. The Kier molecular flexibility index (Phi) is 2.23. The van der Waals surface area contributed by atoms with Gasteiger partial charge >= 0.3 is 0 Å². The lowest BCUT2D eigenvalue weighted by atomic mass is 10.0. The number of nitrogens with two attached hydrogens (primary N) is 1. The Morgan fingerprint density at radius 1 is 1.20 bits per heavy atom. The molecule has 3 nitrogen and oxygen atoms in total. The summed E-state index contributed by atoms with van der Waals surface area (Å²) in [7, 11) is 0. The zero-order valence-electron chi connectivity index (χ0n) is 9.26. The van der Waals surface area contributed by atoms with Crippen LogP contribution in [0, 0.1) is 20.8 Å². The van der Waals surface area contributed by atoms with Crippen molar-refractivity contribution in [2.75, 3.05) is 5.73 Å². The van der Waals surface area contributed by atoms with Gasteiger partial charge in [0.1, 0.15) is 0 Å². The number of H-pyrrole nitrogens is 1. The average Bonchev–Trinajstić information content (AvgIpc) is 2.45. The number of nitrogens with one attached hydrogen (secondary N) is 1. The fourth-order valence-electron chi connectivity index (χ4n) is 1.83. The van der Waals surface area contributed by atoms with Crippen molar-refractivity contribution in [3.63, 3.8) is 0 Å². The SMILES string of the molecule is Cc1ccc(-c2nc(N)[nH]c2C)c(C)c1. The number of nitrogen functional groups attached to an aromatic ring is 1.